The number of hydrogen-bond acceptors (Lipinski definition) is 6. The predicted molar refractivity (Wildman–Crippen MR) is 101 cm³/mol. The smallest absolute Gasteiger partial charge is 0.272 e. The predicted octanol–water partition coefficient (Wildman–Crippen LogP) is 1.64. The molecule has 0 atom stereocenters. The second kappa shape index (κ2) is 7.14. The zero-order valence-corrected chi connectivity index (χ0v) is 15.4. The van der Waals surface area contributed by atoms with Crippen LogP contribution in [0.1, 0.15) is 21.9 Å². The normalized spacial score (nSPS) is 14.4. The van der Waals surface area contributed by atoms with Crippen LogP contribution in [0.2, 0.25) is 0 Å². The molecule has 0 radical (unpaired) electrons. The molecule has 138 valence electrons. The van der Waals surface area contributed by atoms with Crippen molar-refractivity contribution in [2.24, 2.45) is 0 Å². The fourth-order valence-corrected chi connectivity index (χ4v) is 3.16. The number of aryl methyl sites for hydroxylation is 1. The molecule has 0 unspecified atom stereocenters. The zero-order valence-electron chi connectivity index (χ0n) is 15.4. The number of nitrogens with zero attached hydrogens (tertiary/aromatic N) is 7. The van der Waals surface area contributed by atoms with E-state index in [0.717, 1.165) is 36.1 Å². The number of rotatable bonds is 3. The van der Waals surface area contributed by atoms with Gasteiger partial charge in [-0.2, -0.15) is 0 Å². The summed E-state index contributed by atoms with van der Waals surface area (Å²) in [6, 6.07) is 7.36. The van der Waals surface area contributed by atoms with Gasteiger partial charge >= 0.3 is 0 Å². The maximum Gasteiger partial charge on any atom is 0.272 e. The number of pyridine rings is 1. The minimum atomic E-state index is -0.0249. The fourth-order valence-electron chi connectivity index (χ4n) is 3.16. The molecule has 4 rings (SSSR count). The van der Waals surface area contributed by atoms with E-state index in [1.54, 1.807) is 24.9 Å². The average molecular weight is 363 g/mol. The Bertz CT molecular complexity index is 946. The Morgan fingerprint density at radius 2 is 1.74 bits per heavy atom. The number of anilines is 1. The molecule has 8 nitrogen and oxygen atoms in total. The number of aromatic nitrogens is 5. The minimum Gasteiger partial charge on any atom is -0.353 e. The van der Waals surface area contributed by atoms with Crippen LogP contribution >= 0.6 is 0 Å². The highest BCUT2D eigenvalue weighted by Crippen LogP contribution is 2.18. The van der Waals surface area contributed by atoms with Gasteiger partial charge in [0.05, 0.1) is 5.69 Å². The van der Waals surface area contributed by atoms with Crippen LogP contribution in [0.4, 0.5) is 5.82 Å². The molecule has 0 bridgehead atoms. The van der Waals surface area contributed by atoms with E-state index in [-0.39, 0.29) is 5.91 Å². The lowest BCUT2D eigenvalue weighted by Gasteiger charge is -2.35. The quantitative estimate of drug-likeness (QED) is 0.704. The molecule has 8 heteroatoms. The van der Waals surface area contributed by atoms with Crippen molar-refractivity contribution in [3.63, 3.8) is 0 Å². The first kappa shape index (κ1) is 17.1. The monoisotopic (exact) mass is 363 g/mol. The van der Waals surface area contributed by atoms with Gasteiger partial charge in [0.15, 0.2) is 0 Å². The number of carbonyl (C=O) groups excluding carboxylic acids is 1. The summed E-state index contributed by atoms with van der Waals surface area (Å²) in [7, 11) is 0. The van der Waals surface area contributed by atoms with E-state index in [4.69, 9.17) is 0 Å². The van der Waals surface area contributed by atoms with Crippen molar-refractivity contribution >= 4 is 11.7 Å². The van der Waals surface area contributed by atoms with E-state index in [1.165, 1.54) is 0 Å². The van der Waals surface area contributed by atoms with E-state index >= 15 is 0 Å². The molecule has 1 amide bonds. The highest BCUT2D eigenvalue weighted by Gasteiger charge is 2.23. The summed E-state index contributed by atoms with van der Waals surface area (Å²) >= 11 is 0. The Morgan fingerprint density at radius 3 is 2.41 bits per heavy atom. The van der Waals surface area contributed by atoms with Crippen LogP contribution in [0.5, 0.6) is 0 Å². The van der Waals surface area contributed by atoms with E-state index in [2.05, 4.69) is 24.8 Å². The van der Waals surface area contributed by atoms with Gasteiger partial charge in [-0.1, -0.05) is 6.07 Å². The first-order chi connectivity index (χ1) is 13.1. The van der Waals surface area contributed by atoms with Crippen molar-refractivity contribution in [2.45, 2.75) is 13.8 Å². The highest BCUT2D eigenvalue weighted by atomic mass is 16.2. The summed E-state index contributed by atoms with van der Waals surface area (Å²) in [6.07, 6.45) is 5.00. The van der Waals surface area contributed by atoms with E-state index in [0.29, 0.717) is 18.8 Å². The third-order valence-electron chi connectivity index (χ3n) is 4.91. The maximum absolute atomic E-state index is 12.5. The fraction of sp³-hybridized carbons (Fsp3) is 0.316. The molecular weight excluding hydrogens is 342 g/mol. The molecule has 0 spiro atoms. The third-order valence-corrected chi connectivity index (χ3v) is 4.91. The summed E-state index contributed by atoms with van der Waals surface area (Å²) in [5.74, 6) is 1.63. The number of imidazole rings is 1. The largest absolute Gasteiger partial charge is 0.353 e. The Balaban J connectivity index is 1.46. The van der Waals surface area contributed by atoms with Gasteiger partial charge in [-0.25, -0.2) is 15.0 Å². The van der Waals surface area contributed by atoms with Crippen LogP contribution in [-0.4, -0.2) is 61.5 Å². The summed E-state index contributed by atoms with van der Waals surface area (Å²) in [5.41, 5.74) is 2.53. The van der Waals surface area contributed by atoms with Gasteiger partial charge < -0.3 is 9.80 Å². The molecule has 3 aromatic heterocycles. The second-order valence-electron chi connectivity index (χ2n) is 6.51. The molecule has 0 N–H and O–H groups in total. The van der Waals surface area contributed by atoms with Gasteiger partial charge in [0.2, 0.25) is 0 Å². The number of carbonyl (C=O) groups is 1. The first-order valence-corrected chi connectivity index (χ1v) is 8.91. The summed E-state index contributed by atoms with van der Waals surface area (Å²) in [5, 5.41) is 0. The lowest BCUT2D eigenvalue weighted by Crippen LogP contribution is -2.49. The van der Waals surface area contributed by atoms with Crippen LogP contribution in [0.15, 0.2) is 43.1 Å². The molecule has 1 saturated heterocycles. The minimum absolute atomic E-state index is 0.0249. The van der Waals surface area contributed by atoms with Gasteiger partial charge in [-0.05, 0) is 26.0 Å². The molecule has 3 aromatic rings. The van der Waals surface area contributed by atoms with Gasteiger partial charge in [0, 0.05) is 44.1 Å². The SMILES string of the molecule is Cc1ncn(-c2cc(N3CCN(C(=O)c4ccccn4)CC3)ncn2)c1C. The number of amides is 1. The van der Waals surface area contributed by atoms with Crippen molar-refractivity contribution in [1.29, 1.82) is 0 Å². The summed E-state index contributed by atoms with van der Waals surface area (Å²) in [4.78, 5) is 33.8. The Hall–Kier alpha value is -3.29. The van der Waals surface area contributed by atoms with Crippen molar-refractivity contribution < 1.29 is 4.79 Å². The van der Waals surface area contributed by atoms with Crippen LogP contribution in [-0.2, 0) is 0 Å². The van der Waals surface area contributed by atoms with E-state index in [9.17, 15) is 4.79 Å². The number of hydrogen-bond donors (Lipinski definition) is 0. The standard InChI is InChI=1S/C19H21N7O/c1-14-15(2)26(13-23-14)18-11-17(21-12-22-18)24-7-9-25(10-8-24)19(27)16-5-3-4-6-20-16/h3-6,11-13H,7-10H2,1-2H3. The Morgan fingerprint density at radius 1 is 0.963 bits per heavy atom. The molecule has 1 fully saturated rings. The van der Waals surface area contributed by atoms with Gasteiger partial charge in [-0.3, -0.25) is 14.3 Å². The summed E-state index contributed by atoms with van der Waals surface area (Å²) in [6.45, 7) is 6.71. The molecule has 0 saturated carbocycles. The first-order valence-electron chi connectivity index (χ1n) is 8.91. The maximum atomic E-state index is 12.5. The van der Waals surface area contributed by atoms with E-state index < -0.39 is 0 Å². The van der Waals surface area contributed by atoms with Gasteiger partial charge in [0.1, 0.15) is 30.0 Å². The van der Waals surface area contributed by atoms with Gasteiger partial charge in [0.25, 0.3) is 5.91 Å². The van der Waals surface area contributed by atoms with Crippen LogP contribution in [0.3, 0.4) is 0 Å². The second-order valence-corrected chi connectivity index (χ2v) is 6.51. The van der Waals surface area contributed by atoms with Crippen LogP contribution in [0, 0.1) is 13.8 Å². The van der Waals surface area contributed by atoms with Gasteiger partial charge in [-0.15, -0.1) is 0 Å². The lowest BCUT2D eigenvalue weighted by atomic mass is 10.2. The van der Waals surface area contributed by atoms with Crippen LogP contribution < -0.4 is 4.90 Å². The van der Waals surface area contributed by atoms with Crippen molar-refractivity contribution in [3.8, 4) is 5.82 Å². The van der Waals surface area contributed by atoms with Crippen molar-refractivity contribution in [2.75, 3.05) is 31.1 Å². The average Bonchev–Trinajstić information content (AvgIpc) is 3.07. The lowest BCUT2D eigenvalue weighted by molar-refractivity contribution is 0.0740. The molecule has 1 aliphatic heterocycles. The van der Waals surface area contributed by atoms with Crippen molar-refractivity contribution in [1.82, 2.24) is 29.4 Å². The molecule has 27 heavy (non-hydrogen) atoms. The van der Waals surface area contributed by atoms with Crippen molar-refractivity contribution in [3.05, 3.63) is 60.2 Å². The molecule has 4 heterocycles. The highest BCUT2D eigenvalue weighted by molar-refractivity contribution is 5.92. The Labute approximate surface area is 157 Å². The zero-order chi connectivity index (χ0) is 18.8. The Kier molecular flexibility index (Phi) is 4.53. The number of piperazine rings is 1. The molecule has 0 aromatic carbocycles. The molecular formula is C19H21N7O. The van der Waals surface area contributed by atoms with E-state index in [1.807, 2.05) is 41.5 Å². The third kappa shape index (κ3) is 3.38. The topological polar surface area (TPSA) is 80.0 Å². The molecule has 0 aliphatic carbocycles. The molecule has 1 aliphatic rings. The summed E-state index contributed by atoms with van der Waals surface area (Å²) < 4.78 is 1.96. The van der Waals surface area contributed by atoms with Crippen LogP contribution in [0.25, 0.3) is 5.82 Å².